The number of methoxy groups -OCH3 is 1. The molecule has 1 saturated heterocycles. The second-order valence-corrected chi connectivity index (χ2v) is 6.64. The van der Waals surface area contributed by atoms with Crippen LogP contribution < -0.4 is 15.4 Å². The largest absolute Gasteiger partial charge is 0.497 e. The van der Waals surface area contributed by atoms with Gasteiger partial charge in [0.05, 0.1) is 18.4 Å². The number of ether oxygens (including phenoxy) is 1. The summed E-state index contributed by atoms with van der Waals surface area (Å²) in [6.45, 7) is 0.299. The van der Waals surface area contributed by atoms with Crippen molar-refractivity contribution >= 4 is 23.4 Å². The van der Waals surface area contributed by atoms with E-state index in [2.05, 4.69) is 10.6 Å². The Morgan fingerprint density at radius 1 is 1.15 bits per heavy atom. The molecular formula is C20H19N3O4. The SMILES string of the molecule is COc1ccc(C(=O)N[C@H]2C[C@H]3C(=O)Nc4ccccc4C(=O)N3C2)cc1. The van der Waals surface area contributed by atoms with Gasteiger partial charge in [-0.25, -0.2) is 0 Å². The maximum absolute atomic E-state index is 12.8. The summed E-state index contributed by atoms with van der Waals surface area (Å²) in [5.41, 5.74) is 1.50. The molecule has 2 aromatic carbocycles. The maximum atomic E-state index is 12.8. The standard InChI is InChI=1S/C20H19N3O4/c1-27-14-8-6-12(7-9-14)18(24)21-13-10-17-19(25)22-16-5-3-2-4-15(16)20(26)23(17)11-13/h2-9,13,17H,10-11H2,1H3,(H,21,24)(H,22,25)/t13-,17-/m0/s1. The van der Waals surface area contributed by atoms with Crippen LogP contribution in [0.5, 0.6) is 5.75 Å². The summed E-state index contributed by atoms with van der Waals surface area (Å²) in [7, 11) is 1.56. The van der Waals surface area contributed by atoms with Crippen LogP contribution >= 0.6 is 0 Å². The van der Waals surface area contributed by atoms with E-state index in [4.69, 9.17) is 4.74 Å². The topological polar surface area (TPSA) is 87.7 Å². The van der Waals surface area contributed by atoms with Gasteiger partial charge >= 0.3 is 0 Å². The Morgan fingerprint density at radius 2 is 1.89 bits per heavy atom. The van der Waals surface area contributed by atoms with Crippen molar-refractivity contribution in [2.45, 2.75) is 18.5 Å². The molecule has 0 spiro atoms. The van der Waals surface area contributed by atoms with Crippen LogP contribution in [0.25, 0.3) is 0 Å². The van der Waals surface area contributed by atoms with E-state index in [1.165, 1.54) is 0 Å². The van der Waals surface area contributed by atoms with Crippen molar-refractivity contribution < 1.29 is 19.1 Å². The second-order valence-electron chi connectivity index (χ2n) is 6.64. The number of benzene rings is 2. The quantitative estimate of drug-likeness (QED) is 0.866. The van der Waals surface area contributed by atoms with E-state index in [9.17, 15) is 14.4 Å². The van der Waals surface area contributed by atoms with Crippen LogP contribution in [0.1, 0.15) is 27.1 Å². The number of rotatable bonds is 3. The van der Waals surface area contributed by atoms with Gasteiger partial charge in [0.2, 0.25) is 5.91 Å². The van der Waals surface area contributed by atoms with Crippen LogP contribution in [0.15, 0.2) is 48.5 Å². The molecule has 2 aromatic rings. The summed E-state index contributed by atoms with van der Waals surface area (Å²) in [6.07, 6.45) is 0.382. The van der Waals surface area contributed by atoms with Gasteiger partial charge in [-0.2, -0.15) is 0 Å². The molecule has 3 amide bonds. The van der Waals surface area contributed by atoms with Crippen molar-refractivity contribution in [1.82, 2.24) is 10.2 Å². The lowest BCUT2D eigenvalue weighted by molar-refractivity contribution is -0.119. The highest BCUT2D eigenvalue weighted by atomic mass is 16.5. The molecule has 0 radical (unpaired) electrons. The molecule has 0 bridgehead atoms. The molecule has 0 aliphatic carbocycles. The molecule has 7 nitrogen and oxygen atoms in total. The predicted octanol–water partition coefficient (Wildman–Crippen LogP) is 1.66. The zero-order valence-corrected chi connectivity index (χ0v) is 14.8. The molecule has 27 heavy (non-hydrogen) atoms. The van der Waals surface area contributed by atoms with Gasteiger partial charge in [0, 0.05) is 18.2 Å². The fourth-order valence-corrected chi connectivity index (χ4v) is 3.57. The molecular weight excluding hydrogens is 346 g/mol. The van der Waals surface area contributed by atoms with Crippen LogP contribution in [-0.4, -0.2) is 48.4 Å². The summed E-state index contributed by atoms with van der Waals surface area (Å²) < 4.78 is 5.09. The molecule has 1 fully saturated rings. The third kappa shape index (κ3) is 3.12. The van der Waals surface area contributed by atoms with E-state index in [-0.39, 0.29) is 23.8 Å². The Balaban J connectivity index is 1.50. The zero-order chi connectivity index (χ0) is 19.0. The summed E-state index contributed by atoms with van der Waals surface area (Å²) in [6, 6.07) is 12.9. The minimum atomic E-state index is -0.592. The van der Waals surface area contributed by atoms with Gasteiger partial charge < -0.3 is 20.3 Å². The molecule has 0 unspecified atom stereocenters. The first-order chi connectivity index (χ1) is 13.1. The fraction of sp³-hybridized carbons (Fsp3) is 0.250. The van der Waals surface area contributed by atoms with Crippen molar-refractivity contribution in [2.75, 3.05) is 19.0 Å². The van der Waals surface area contributed by atoms with E-state index in [0.717, 1.165) is 0 Å². The van der Waals surface area contributed by atoms with E-state index < -0.39 is 6.04 Å². The summed E-state index contributed by atoms with van der Waals surface area (Å²) in [5, 5.41) is 5.74. The smallest absolute Gasteiger partial charge is 0.256 e. The van der Waals surface area contributed by atoms with Crippen molar-refractivity contribution in [1.29, 1.82) is 0 Å². The average molecular weight is 365 g/mol. The van der Waals surface area contributed by atoms with Crippen molar-refractivity contribution in [3.8, 4) is 5.75 Å². The Kier molecular flexibility index (Phi) is 4.27. The average Bonchev–Trinajstić information content (AvgIpc) is 3.08. The van der Waals surface area contributed by atoms with E-state index >= 15 is 0 Å². The lowest BCUT2D eigenvalue weighted by Gasteiger charge is -2.20. The van der Waals surface area contributed by atoms with Gasteiger partial charge in [-0.05, 0) is 42.8 Å². The van der Waals surface area contributed by atoms with E-state index in [1.807, 2.05) is 0 Å². The number of nitrogens with one attached hydrogen (secondary N) is 2. The third-order valence-electron chi connectivity index (χ3n) is 4.97. The van der Waals surface area contributed by atoms with Crippen LogP contribution in [-0.2, 0) is 4.79 Å². The van der Waals surface area contributed by atoms with Gasteiger partial charge in [0.25, 0.3) is 11.8 Å². The summed E-state index contributed by atoms with van der Waals surface area (Å²) >= 11 is 0. The van der Waals surface area contributed by atoms with Crippen molar-refractivity contribution in [2.24, 2.45) is 0 Å². The second kappa shape index (κ2) is 6.75. The van der Waals surface area contributed by atoms with E-state index in [0.29, 0.717) is 35.5 Å². The molecule has 0 aromatic heterocycles. The first kappa shape index (κ1) is 17.1. The first-order valence-electron chi connectivity index (χ1n) is 8.72. The fourth-order valence-electron chi connectivity index (χ4n) is 3.57. The summed E-state index contributed by atoms with van der Waals surface area (Å²) in [5.74, 6) is -0.0000529. The molecule has 4 rings (SSSR count). The molecule has 138 valence electrons. The maximum Gasteiger partial charge on any atom is 0.256 e. The minimum absolute atomic E-state index is 0.199. The number of carbonyl (C=O) groups is 3. The molecule has 2 aliphatic heterocycles. The molecule has 2 aliphatic rings. The van der Waals surface area contributed by atoms with Crippen LogP contribution in [0, 0.1) is 0 Å². The van der Waals surface area contributed by atoms with E-state index in [1.54, 1.807) is 60.5 Å². The Morgan fingerprint density at radius 3 is 2.63 bits per heavy atom. The minimum Gasteiger partial charge on any atom is -0.497 e. The van der Waals surface area contributed by atoms with Gasteiger partial charge in [-0.1, -0.05) is 12.1 Å². The molecule has 0 saturated carbocycles. The third-order valence-corrected chi connectivity index (χ3v) is 4.97. The van der Waals surface area contributed by atoms with Gasteiger partial charge in [0.15, 0.2) is 0 Å². The lowest BCUT2D eigenvalue weighted by Crippen LogP contribution is -2.41. The number of hydrogen-bond acceptors (Lipinski definition) is 4. The number of amides is 3. The number of carbonyl (C=O) groups excluding carboxylic acids is 3. The monoisotopic (exact) mass is 365 g/mol. The highest BCUT2D eigenvalue weighted by Gasteiger charge is 2.43. The summed E-state index contributed by atoms with van der Waals surface area (Å²) in [4.78, 5) is 39.4. The molecule has 2 N–H and O–H groups in total. The normalized spacial score (nSPS) is 21.0. The van der Waals surface area contributed by atoms with Crippen LogP contribution in [0.4, 0.5) is 5.69 Å². The van der Waals surface area contributed by atoms with Crippen LogP contribution in [0.3, 0.4) is 0 Å². The van der Waals surface area contributed by atoms with Crippen molar-refractivity contribution in [3.63, 3.8) is 0 Å². The number of fused-ring (bicyclic) bond motifs is 2. The van der Waals surface area contributed by atoms with Crippen LogP contribution in [0.2, 0.25) is 0 Å². The zero-order valence-electron chi connectivity index (χ0n) is 14.8. The Labute approximate surface area is 156 Å². The highest BCUT2D eigenvalue weighted by molar-refractivity contribution is 6.10. The van der Waals surface area contributed by atoms with Gasteiger partial charge in [-0.15, -0.1) is 0 Å². The number of para-hydroxylation sites is 1. The van der Waals surface area contributed by atoms with Crippen molar-refractivity contribution in [3.05, 3.63) is 59.7 Å². The first-order valence-corrected chi connectivity index (χ1v) is 8.72. The number of hydrogen-bond donors (Lipinski definition) is 2. The Bertz CT molecular complexity index is 910. The number of nitrogens with zero attached hydrogens (tertiary/aromatic N) is 1. The molecule has 2 atom stereocenters. The van der Waals surface area contributed by atoms with Gasteiger partial charge in [-0.3, -0.25) is 14.4 Å². The van der Waals surface area contributed by atoms with Gasteiger partial charge in [0.1, 0.15) is 11.8 Å². The predicted molar refractivity (Wildman–Crippen MR) is 98.8 cm³/mol. The molecule has 2 heterocycles. The molecule has 7 heteroatoms. The Hall–Kier alpha value is -3.35. The highest BCUT2D eigenvalue weighted by Crippen LogP contribution is 2.28. The number of anilines is 1. The lowest BCUT2D eigenvalue weighted by atomic mass is 10.1.